The van der Waals surface area contributed by atoms with Crippen LogP contribution in [-0.4, -0.2) is 55.5 Å². The Labute approximate surface area is 212 Å². The van der Waals surface area contributed by atoms with Crippen molar-refractivity contribution in [1.82, 2.24) is 10.2 Å². The molecule has 0 saturated carbocycles. The summed E-state index contributed by atoms with van der Waals surface area (Å²) in [5, 5.41) is 2.84. The zero-order valence-electron chi connectivity index (χ0n) is 20.2. The Morgan fingerprint density at radius 1 is 1.16 bits per heavy atom. The maximum absolute atomic E-state index is 13.3. The molecule has 0 radical (unpaired) electrons. The van der Waals surface area contributed by atoms with E-state index in [9.17, 15) is 22.8 Å². The molecule has 2 aromatic carbocycles. The van der Waals surface area contributed by atoms with Crippen LogP contribution in [0.2, 0.25) is 0 Å². The van der Waals surface area contributed by atoms with Gasteiger partial charge in [0.2, 0.25) is 0 Å². The first-order valence-corrected chi connectivity index (χ1v) is 11.8. The van der Waals surface area contributed by atoms with Crippen molar-refractivity contribution in [3.63, 3.8) is 0 Å². The molecular weight excluding hydrogens is 487 g/mol. The Hall–Kier alpha value is -4.08. The van der Waals surface area contributed by atoms with Gasteiger partial charge in [0.25, 0.3) is 11.8 Å². The van der Waals surface area contributed by atoms with Gasteiger partial charge in [0.1, 0.15) is 23.8 Å². The van der Waals surface area contributed by atoms with Gasteiger partial charge in [0.15, 0.2) is 0 Å². The molecule has 0 fully saturated rings. The predicted octanol–water partition coefficient (Wildman–Crippen LogP) is 4.90. The first kappa shape index (κ1) is 26.0. The summed E-state index contributed by atoms with van der Waals surface area (Å²) in [4.78, 5) is 31.8. The van der Waals surface area contributed by atoms with Gasteiger partial charge in [-0.05, 0) is 66.8 Å². The van der Waals surface area contributed by atoms with Crippen LogP contribution in [0.4, 0.5) is 13.2 Å². The largest absolute Gasteiger partial charge is 0.573 e. The van der Waals surface area contributed by atoms with Gasteiger partial charge in [-0.1, -0.05) is 24.3 Å². The van der Waals surface area contributed by atoms with E-state index < -0.39 is 6.36 Å². The second-order valence-electron chi connectivity index (χ2n) is 8.55. The van der Waals surface area contributed by atoms with Crippen LogP contribution in [0, 0.1) is 0 Å². The van der Waals surface area contributed by atoms with E-state index in [0.29, 0.717) is 34.7 Å². The molecule has 37 heavy (non-hydrogen) atoms. The number of fused-ring (bicyclic) bond motifs is 1. The minimum Gasteiger partial charge on any atom is -0.491 e. The second kappa shape index (κ2) is 11.3. The third-order valence-corrected chi connectivity index (χ3v) is 5.94. The fourth-order valence-corrected chi connectivity index (χ4v) is 4.05. The maximum atomic E-state index is 13.3. The fraction of sp³-hybridized carbons (Fsp3) is 0.296. The number of aliphatic imine (C=N–C) groups is 1. The average molecular weight is 514 g/mol. The van der Waals surface area contributed by atoms with E-state index in [-0.39, 0.29) is 37.3 Å². The van der Waals surface area contributed by atoms with Crippen LogP contribution >= 0.6 is 0 Å². The van der Waals surface area contributed by atoms with Crippen LogP contribution in [0.25, 0.3) is 11.1 Å². The number of amides is 2. The summed E-state index contributed by atoms with van der Waals surface area (Å²) >= 11 is 0. The van der Waals surface area contributed by atoms with Gasteiger partial charge in [-0.15, -0.1) is 13.2 Å². The van der Waals surface area contributed by atoms with Crippen molar-refractivity contribution in [3.8, 4) is 22.6 Å². The number of alkyl halides is 3. The standard InChI is InChI=1S/C27H26F3N3O4/c1-18-5-3-2-4-12-31-24(18)25(34)32-13-14-33-15-16-36-23-11-8-20(17-22(23)26(33)35)19-6-9-21(10-7-19)37-27(28,29)30/h2,4,6-12,17H,3,5,13-16H2,1H3,(H,32,34). The highest BCUT2D eigenvalue weighted by atomic mass is 19.4. The monoisotopic (exact) mass is 513 g/mol. The molecule has 2 amide bonds. The lowest BCUT2D eigenvalue weighted by Crippen LogP contribution is -2.39. The normalized spacial score (nSPS) is 15.9. The Morgan fingerprint density at radius 2 is 1.92 bits per heavy atom. The van der Waals surface area contributed by atoms with E-state index in [1.165, 1.54) is 24.3 Å². The van der Waals surface area contributed by atoms with E-state index in [4.69, 9.17) is 4.74 Å². The van der Waals surface area contributed by atoms with Crippen molar-refractivity contribution in [3.05, 3.63) is 71.5 Å². The number of hydrogen-bond acceptors (Lipinski definition) is 5. The molecule has 2 aliphatic heterocycles. The van der Waals surface area contributed by atoms with E-state index in [0.717, 1.165) is 18.4 Å². The molecule has 0 saturated heterocycles. The molecule has 0 aromatic heterocycles. The quantitative estimate of drug-likeness (QED) is 0.596. The van der Waals surface area contributed by atoms with Crippen molar-refractivity contribution in [2.45, 2.75) is 26.1 Å². The third kappa shape index (κ3) is 6.78. The van der Waals surface area contributed by atoms with E-state index in [2.05, 4.69) is 15.0 Å². The molecule has 0 bridgehead atoms. The molecule has 10 heteroatoms. The molecule has 2 aromatic rings. The smallest absolute Gasteiger partial charge is 0.491 e. The number of nitrogens with zero attached hydrogens (tertiary/aromatic N) is 2. The number of benzene rings is 2. The maximum Gasteiger partial charge on any atom is 0.573 e. The van der Waals surface area contributed by atoms with Gasteiger partial charge < -0.3 is 19.7 Å². The number of carbonyl (C=O) groups is 2. The van der Waals surface area contributed by atoms with Crippen LogP contribution < -0.4 is 14.8 Å². The number of hydrogen-bond donors (Lipinski definition) is 1. The third-order valence-electron chi connectivity index (χ3n) is 5.94. The van der Waals surface area contributed by atoms with Crippen LogP contribution in [0.5, 0.6) is 11.5 Å². The number of carbonyl (C=O) groups excluding carboxylic acids is 2. The molecule has 0 aliphatic carbocycles. The van der Waals surface area contributed by atoms with Crippen molar-refractivity contribution in [2.24, 2.45) is 4.99 Å². The van der Waals surface area contributed by atoms with Crippen LogP contribution in [-0.2, 0) is 4.79 Å². The first-order valence-electron chi connectivity index (χ1n) is 11.8. The van der Waals surface area contributed by atoms with Gasteiger partial charge in [0.05, 0.1) is 12.1 Å². The minimum atomic E-state index is -4.77. The molecule has 2 heterocycles. The molecule has 1 N–H and O–H groups in total. The van der Waals surface area contributed by atoms with Gasteiger partial charge in [-0.2, -0.15) is 0 Å². The molecule has 0 spiro atoms. The summed E-state index contributed by atoms with van der Waals surface area (Å²) in [7, 11) is 0. The number of allylic oxidation sites excluding steroid dienone is 3. The zero-order valence-corrected chi connectivity index (χ0v) is 20.2. The summed E-state index contributed by atoms with van der Waals surface area (Å²) in [5.74, 6) is -0.450. The molecule has 0 unspecified atom stereocenters. The summed E-state index contributed by atoms with van der Waals surface area (Å²) in [5.41, 5.74) is 2.88. The number of halogens is 3. The average Bonchev–Trinajstić information content (AvgIpc) is 2.99. The van der Waals surface area contributed by atoms with E-state index >= 15 is 0 Å². The first-order chi connectivity index (χ1) is 17.7. The van der Waals surface area contributed by atoms with Crippen molar-refractivity contribution < 1.29 is 32.2 Å². The molecular formula is C27H26F3N3O4. The number of rotatable bonds is 6. The molecule has 2 aliphatic rings. The fourth-order valence-electron chi connectivity index (χ4n) is 4.05. The highest BCUT2D eigenvalue weighted by Gasteiger charge is 2.31. The Kier molecular flexibility index (Phi) is 7.95. The topological polar surface area (TPSA) is 80.2 Å². The van der Waals surface area contributed by atoms with Gasteiger partial charge in [0, 0.05) is 19.3 Å². The number of ether oxygens (including phenoxy) is 2. The lowest BCUT2D eigenvalue weighted by molar-refractivity contribution is -0.274. The Balaban J connectivity index is 1.43. The lowest BCUT2D eigenvalue weighted by Gasteiger charge is -2.20. The summed E-state index contributed by atoms with van der Waals surface area (Å²) in [6.07, 6.45) is 2.22. The highest BCUT2D eigenvalue weighted by molar-refractivity contribution is 5.99. The second-order valence-corrected chi connectivity index (χ2v) is 8.55. The molecule has 194 valence electrons. The van der Waals surface area contributed by atoms with Crippen molar-refractivity contribution in [1.29, 1.82) is 0 Å². The highest BCUT2D eigenvalue weighted by Crippen LogP contribution is 2.31. The Morgan fingerprint density at radius 3 is 2.68 bits per heavy atom. The zero-order chi connectivity index (χ0) is 26.4. The Bertz CT molecular complexity index is 1250. The van der Waals surface area contributed by atoms with Gasteiger partial charge in [-0.25, -0.2) is 0 Å². The van der Waals surface area contributed by atoms with Crippen LogP contribution in [0.3, 0.4) is 0 Å². The number of nitrogens with one attached hydrogen (secondary N) is 1. The molecule has 0 atom stereocenters. The summed E-state index contributed by atoms with van der Waals surface area (Å²) < 4.78 is 47.0. The SMILES string of the molecule is CC1=C(C(=O)NCCN2CCOc3ccc(-c4ccc(OC(F)(F)F)cc4)cc3C2=O)N=CC=CCC1. The van der Waals surface area contributed by atoms with Gasteiger partial charge in [-0.3, -0.25) is 14.6 Å². The lowest BCUT2D eigenvalue weighted by atomic mass is 10.0. The molecule has 4 rings (SSSR count). The van der Waals surface area contributed by atoms with E-state index in [1.807, 2.05) is 19.1 Å². The van der Waals surface area contributed by atoms with Crippen LogP contribution in [0.1, 0.15) is 30.1 Å². The molecule has 7 nitrogen and oxygen atoms in total. The predicted molar refractivity (Wildman–Crippen MR) is 133 cm³/mol. The minimum absolute atomic E-state index is 0.238. The summed E-state index contributed by atoms with van der Waals surface area (Å²) in [6, 6.07) is 10.5. The van der Waals surface area contributed by atoms with E-state index in [1.54, 1.807) is 29.3 Å². The van der Waals surface area contributed by atoms with Gasteiger partial charge >= 0.3 is 6.36 Å². The summed E-state index contributed by atoms with van der Waals surface area (Å²) in [6.45, 7) is 3.02. The van der Waals surface area contributed by atoms with Crippen molar-refractivity contribution >= 4 is 18.0 Å². The van der Waals surface area contributed by atoms with Crippen molar-refractivity contribution in [2.75, 3.05) is 26.2 Å². The van der Waals surface area contributed by atoms with Crippen LogP contribution in [0.15, 0.2) is 70.9 Å².